The predicted octanol–water partition coefficient (Wildman–Crippen LogP) is 2.35. The summed E-state index contributed by atoms with van der Waals surface area (Å²) in [6.45, 7) is 1.88. The van der Waals surface area contributed by atoms with Crippen LogP contribution in [0.25, 0.3) is 9.88 Å². The number of aliphatic carboxylic acids is 1. The van der Waals surface area contributed by atoms with Crippen molar-refractivity contribution in [1.29, 1.82) is 0 Å². The molecule has 2 rings (SSSR count). The summed E-state index contributed by atoms with van der Waals surface area (Å²) in [5.41, 5.74) is 0.687. The average molecular weight is 310 g/mol. The van der Waals surface area contributed by atoms with Gasteiger partial charge in [-0.05, 0) is 18.4 Å². The van der Waals surface area contributed by atoms with E-state index in [9.17, 15) is 9.59 Å². The zero-order valence-corrected chi connectivity index (χ0v) is 12.5. The van der Waals surface area contributed by atoms with Gasteiger partial charge in [0, 0.05) is 11.9 Å². The van der Waals surface area contributed by atoms with Crippen LogP contribution in [0, 0.1) is 0 Å². The van der Waals surface area contributed by atoms with Gasteiger partial charge < -0.3 is 10.0 Å². The van der Waals surface area contributed by atoms with E-state index in [2.05, 4.69) is 4.98 Å². The summed E-state index contributed by atoms with van der Waals surface area (Å²) < 4.78 is 0. The molecule has 0 unspecified atom stereocenters. The van der Waals surface area contributed by atoms with Crippen molar-refractivity contribution >= 4 is 34.6 Å². The second-order valence-corrected chi connectivity index (χ2v) is 5.91. The van der Waals surface area contributed by atoms with Crippen LogP contribution in [0.1, 0.15) is 12.6 Å². The Morgan fingerprint density at radius 1 is 1.40 bits per heavy atom. The van der Waals surface area contributed by atoms with Crippen molar-refractivity contribution in [1.82, 2.24) is 9.88 Å². The van der Waals surface area contributed by atoms with E-state index in [1.165, 1.54) is 16.2 Å². The number of carbonyl (C=O) groups is 2. The van der Waals surface area contributed by atoms with Crippen molar-refractivity contribution in [2.75, 3.05) is 13.1 Å². The molecule has 2 aromatic heterocycles. The largest absolute Gasteiger partial charge is 0.480 e. The van der Waals surface area contributed by atoms with Crippen molar-refractivity contribution in [3.8, 4) is 9.88 Å². The molecular formula is C13H14N2O3S2. The molecule has 106 valence electrons. The molecule has 0 aliphatic rings. The van der Waals surface area contributed by atoms with Crippen LogP contribution >= 0.6 is 22.7 Å². The lowest BCUT2D eigenvalue weighted by Crippen LogP contribution is -2.36. The van der Waals surface area contributed by atoms with Gasteiger partial charge in [-0.2, -0.15) is 0 Å². The number of carboxylic acids is 1. The summed E-state index contributed by atoms with van der Waals surface area (Å²) in [5.74, 6) is -1.21. The molecule has 0 aliphatic carbocycles. The Balaban J connectivity index is 2.02. The predicted molar refractivity (Wildman–Crippen MR) is 79.0 cm³/mol. The smallest absolute Gasteiger partial charge is 0.323 e. The number of thiazole rings is 1. The molecule has 0 saturated heterocycles. The van der Waals surface area contributed by atoms with Gasteiger partial charge in [-0.3, -0.25) is 9.59 Å². The van der Waals surface area contributed by atoms with Gasteiger partial charge in [-0.1, -0.05) is 6.07 Å². The van der Waals surface area contributed by atoms with Gasteiger partial charge in [0.25, 0.3) is 0 Å². The zero-order chi connectivity index (χ0) is 14.5. The summed E-state index contributed by atoms with van der Waals surface area (Å²) in [6, 6.07) is 3.94. The van der Waals surface area contributed by atoms with Gasteiger partial charge in [0.1, 0.15) is 11.6 Å². The molecule has 7 heteroatoms. The highest BCUT2D eigenvalue weighted by Gasteiger charge is 2.17. The Hall–Kier alpha value is -1.73. The van der Waals surface area contributed by atoms with E-state index in [0.717, 1.165) is 9.88 Å². The highest BCUT2D eigenvalue weighted by atomic mass is 32.1. The van der Waals surface area contributed by atoms with Crippen LogP contribution in [0.2, 0.25) is 0 Å². The minimum absolute atomic E-state index is 0.142. The minimum Gasteiger partial charge on any atom is -0.480 e. The molecule has 5 nitrogen and oxygen atoms in total. The first-order valence-electron chi connectivity index (χ1n) is 6.08. The van der Waals surface area contributed by atoms with Crippen LogP contribution in [-0.4, -0.2) is 40.0 Å². The Labute approximate surface area is 124 Å². The number of carboxylic acid groups (broad SMARTS) is 1. The first-order chi connectivity index (χ1) is 9.60. The molecule has 0 bridgehead atoms. The van der Waals surface area contributed by atoms with Crippen molar-refractivity contribution in [3.05, 3.63) is 28.6 Å². The molecule has 2 heterocycles. The van der Waals surface area contributed by atoms with Crippen LogP contribution in [0.15, 0.2) is 22.9 Å². The summed E-state index contributed by atoms with van der Waals surface area (Å²) in [7, 11) is 0. The standard InChI is InChI=1S/C13H14N2O3S2/c1-2-15(7-12(17)18)11(16)6-9-8-20-13(14-9)10-4-3-5-19-10/h3-5,8H,2,6-7H2,1H3,(H,17,18). The molecule has 20 heavy (non-hydrogen) atoms. The molecular weight excluding hydrogens is 296 g/mol. The lowest BCUT2D eigenvalue weighted by molar-refractivity contribution is -0.144. The summed E-state index contributed by atoms with van der Waals surface area (Å²) in [4.78, 5) is 29.5. The van der Waals surface area contributed by atoms with E-state index in [0.29, 0.717) is 12.2 Å². The molecule has 0 atom stereocenters. The molecule has 1 N–H and O–H groups in total. The fraction of sp³-hybridized carbons (Fsp3) is 0.308. The first-order valence-corrected chi connectivity index (χ1v) is 7.84. The van der Waals surface area contributed by atoms with E-state index in [-0.39, 0.29) is 18.9 Å². The van der Waals surface area contributed by atoms with Gasteiger partial charge in [-0.25, -0.2) is 4.98 Å². The molecule has 1 amide bonds. The third-order valence-electron chi connectivity index (χ3n) is 2.68. The molecule has 0 radical (unpaired) electrons. The van der Waals surface area contributed by atoms with Crippen LogP contribution in [0.3, 0.4) is 0 Å². The highest BCUT2D eigenvalue weighted by molar-refractivity contribution is 7.20. The normalized spacial score (nSPS) is 10.4. The number of hydrogen-bond donors (Lipinski definition) is 1. The zero-order valence-electron chi connectivity index (χ0n) is 10.9. The summed E-state index contributed by atoms with van der Waals surface area (Å²) >= 11 is 3.10. The number of nitrogens with zero attached hydrogens (tertiary/aromatic N) is 2. The van der Waals surface area contributed by atoms with E-state index >= 15 is 0 Å². The molecule has 0 saturated carbocycles. The third-order valence-corrected chi connectivity index (χ3v) is 4.61. The second kappa shape index (κ2) is 6.62. The molecule has 0 aromatic carbocycles. The van der Waals surface area contributed by atoms with E-state index < -0.39 is 5.97 Å². The number of amides is 1. The lowest BCUT2D eigenvalue weighted by Gasteiger charge is -2.17. The molecule has 0 aliphatic heterocycles. The molecule has 0 fully saturated rings. The van der Waals surface area contributed by atoms with E-state index in [1.807, 2.05) is 22.9 Å². The van der Waals surface area contributed by atoms with Gasteiger partial charge in [0.2, 0.25) is 5.91 Å². The van der Waals surface area contributed by atoms with Crippen LogP contribution in [0.5, 0.6) is 0 Å². The average Bonchev–Trinajstić information content (AvgIpc) is 3.05. The maximum atomic E-state index is 12.0. The fourth-order valence-corrected chi connectivity index (χ4v) is 3.34. The summed E-state index contributed by atoms with van der Waals surface area (Å²) in [5, 5.41) is 13.5. The van der Waals surface area contributed by atoms with Crippen molar-refractivity contribution in [2.24, 2.45) is 0 Å². The maximum absolute atomic E-state index is 12.0. The van der Waals surface area contributed by atoms with Gasteiger partial charge in [0.15, 0.2) is 0 Å². The Bertz CT molecular complexity index is 593. The third kappa shape index (κ3) is 3.64. The topological polar surface area (TPSA) is 70.5 Å². The summed E-state index contributed by atoms with van der Waals surface area (Å²) in [6.07, 6.45) is 0.142. The van der Waals surface area contributed by atoms with Crippen LogP contribution in [-0.2, 0) is 16.0 Å². The lowest BCUT2D eigenvalue weighted by atomic mass is 10.3. The van der Waals surface area contributed by atoms with Gasteiger partial charge in [-0.15, -0.1) is 22.7 Å². The van der Waals surface area contributed by atoms with Crippen molar-refractivity contribution < 1.29 is 14.7 Å². The maximum Gasteiger partial charge on any atom is 0.323 e. The SMILES string of the molecule is CCN(CC(=O)O)C(=O)Cc1csc(-c2cccs2)n1. The monoisotopic (exact) mass is 310 g/mol. The van der Waals surface area contributed by atoms with E-state index in [4.69, 9.17) is 5.11 Å². The molecule has 0 spiro atoms. The van der Waals surface area contributed by atoms with Crippen molar-refractivity contribution in [2.45, 2.75) is 13.3 Å². The fourth-order valence-electron chi connectivity index (χ4n) is 1.71. The number of aromatic nitrogens is 1. The van der Waals surface area contributed by atoms with Gasteiger partial charge in [0.05, 0.1) is 17.0 Å². The Kier molecular flexibility index (Phi) is 4.86. The highest BCUT2D eigenvalue weighted by Crippen LogP contribution is 2.27. The first kappa shape index (κ1) is 14.7. The quantitative estimate of drug-likeness (QED) is 0.889. The number of carbonyl (C=O) groups excluding carboxylic acids is 1. The number of rotatable bonds is 6. The van der Waals surface area contributed by atoms with Crippen LogP contribution in [0.4, 0.5) is 0 Å². The number of hydrogen-bond acceptors (Lipinski definition) is 5. The molecule has 2 aromatic rings. The van der Waals surface area contributed by atoms with Crippen molar-refractivity contribution in [3.63, 3.8) is 0 Å². The number of likely N-dealkylation sites (N-methyl/N-ethyl adjacent to an activating group) is 1. The number of thiophene rings is 1. The minimum atomic E-state index is -1.00. The second-order valence-electron chi connectivity index (χ2n) is 4.10. The van der Waals surface area contributed by atoms with Gasteiger partial charge >= 0.3 is 5.97 Å². The Morgan fingerprint density at radius 3 is 2.80 bits per heavy atom. The van der Waals surface area contributed by atoms with E-state index in [1.54, 1.807) is 18.3 Å². The Morgan fingerprint density at radius 2 is 2.20 bits per heavy atom. The van der Waals surface area contributed by atoms with Crippen LogP contribution < -0.4 is 0 Å².